The van der Waals surface area contributed by atoms with Crippen LogP contribution in [0.3, 0.4) is 0 Å². The number of aliphatic hydroxyl groups is 1. The lowest BCUT2D eigenvalue weighted by atomic mass is 10.2. The first-order valence-corrected chi connectivity index (χ1v) is 8.14. The first-order valence-electron chi connectivity index (χ1n) is 6.60. The third-order valence-electron chi connectivity index (χ3n) is 2.40. The zero-order valence-electron chi connectivity index (χ0n) is 12.0. The Kier molecular flexibility index (Phi) is 6.79. The van der Waals surface area contributed by atoms with Crippen molar-refractivity contribution in [1.29, 1.82) is 0 Å². The summed E-state index contributed by atoms with van der Waals surface area (Å²) in [7, 11) is -3.63. The molecule has 0 saturated carbocycles. The van der Waals surface area contributed by atoms with Gasteiger partial charge in [-0.1, -0.05) is 30.3 Å². The molecule has 0 amide bonds. The number of ether oxygens (including phenoxy) is 1. The van der Waals surface area contributed by atoms with E-state index in [9.17, 15) is 9.67 Å². The molecule has 112 valence electrons. The molecule has 5 nitrogen and oxygen atoms in total. The van der Waals surface area contributed by atoms with Crippen LogP contribution in [-0.2, 0) is 18.3 Å². The third-order valence-corrected chi connectivity index (χ3v) is 4.60. The molecule has 0 aliphatic rings. The quantitative estimate of drug-likeness (QED) is 0.576. The van der Waals surface area contributed by atoms with Crippen LogP contribution in [-0.4, -0.2) is 24.9 Å². The van der Waals surface area contributed by atoms with Gasteiger partial charge in [0.15, 0.2) is 5.31 Å². The van der Waals surface area contributed by atoms with E-state index in [0.29, 0.717) is 5.56 Å². The molecule has 0 spiro atoms. The van der Waals surface area contributed by atoms with Gasteiger partial charge in [0.05, 0.1) is 19.8 Å². The zero-order chi connectivity index (χ0) is 15.0. The first kappa shape index (κ1) is 16.8. The van der Waals surface area contributed by atoms with Gasteiger partial charge in [0, 0.05) is 0 Å². The Labute approximate surface area is 119 Å². The molecule has 0 aliphatic carbocycles. The Bertz CT molecular complexity index is 474. The molecule has 1 rings (SSSR count). The molecular formula is C14H21O5P. The van der Waals surface area contributed by atoms with Crippen LogP contribution in [0.4, 0.5) is 0 Å². The van der Waals surface area contributed by atoms with E-state index >= 15 is 0 Å². The molecule has 0 saturated heterocycles. The summed E-state index contributed by atoms with van der Waals surface area (Å²) in [5.74, 6) is -0.427. The summed E-state index contributed by atoms with van der Waals surface area (Å²) in [6.07, 6.45) is 0. The normalized spacial score (nSPS) is 12.9. The van der Waals surface area contributed by atoms with Gasteiger partial charge in [-0.3, -0.25) is 4.57 Å². The maximum Gasteiger partial charge on any atom is 0.369 e. The van der Waals surface area contributed by atoms with Crippen molar-refractivity contribution in [2.24, 2.45) is 0 Å². The molecule has 1 aromatic rings. The summed E-state index contributed by atoms with van der Waals surface area (Å²) in [5.41, 5.74) is 0.545. The summed E-state index contributed by atoms with van der Waals surface area (Å²) >= 11 is 0. The van der Waals surface area contributed by atoms with E-state index in [0.717, 1.165) is 0 Å². The number of aliphatic hydroxyl groups excluding tert-OH is 1. The highest BCUT2D eigenvalue weighted by Crippen LogP contribution is 2.61. The summed E-state index contributed by atoms with van der Waals surface area (Å²) in [6, 6.07) is 8.81. The van der Waals surface area contributed by atoms with Crippen molar-refractivity contribution in [3.8, 4) is 0 Å². The summed E-state index contributed by atoms with van der Waals surface area (Å²) in [4.78, 5) is 0. The largest absolute Gasteiger partial charge is 0.480 e. The van der Waals surface area contributed by atoms with Gasteiger partial charge in [-0.15, -0.1) is 0 Å². The number of hydrogen-bond donors (Lipinski definition) is 1. The zero-order valence-corrected chi connectivity index (χ0v) is 12.9. The van der Waals surface area contributed by atoms with Gasteiger partial charge < -0.3 is 18.9 Å². The van der Waals surface area contributed by atoms with Crippen molar-refractivity contribution in [1.82, 2.24) is 0 Å². The van der Waals surface area contributed by atoms with Gasteiger partial charge in [-0.2, -0.15) is 0 Å². The third kappa shape index (κ3) is 4.10. The second-order valence-electron chi connectivity index (χ2n) is 3.79. The molecule has 1 aromatic carbocycles. The lowest BCUT2D eigenvalue weighted by Gasteiger charge is -2.21. The van der Waals surface area contributed by atoms with Gasteiger partial charge >= 0.3 is 7.60 Å². The smallest absolute Gasteiger partial charge is 0.369 e. The van der Waals surface area contributed by atoms with Crippen molar-refractivity contribution in [3.63, 3.8) is 0 Å². The predicted molar refractivity (Wildman–Crippen MR) is 78.5 cm³/mol. The Hall–Kier alpha value is -1.29. The molecule has 0 fully saturated rings. The van der Waals surface area contributed by atoms with Gasteiger partial charge in [-0.05, 0) is 26.3 Å². The van der Waals surface area contributed by atoms with Crippen LogP contribution in [0.1, 0.15) is 26.3 Å². The molecule has 0 atom stereocenters. The topological polar surface area (TPSA) is 65.0 Å². The second-order valence-corrected chi connectivity index (χ2v) is 5.74. The summed E-state index contributed by atoms with van der Waals surface area (Å²) in [5, 5.41) is 10.1. The maximum absolute atomic E-state index is 12.9. The number of hydrogen-bond acceptors (Lipinski definition) is 5. The van der Waals surface area contributed by atoms with Crippen LogP contribution in [0.15, 0.2) is 36.3 Å². The van der Waals surface area contributed by atoms with Crippen LogP contribution in [0.5, 0.6) is 0 Å². The minimum Gasteiger partial charge on any atom is -0.480 e. The molecule has 1 N–H and O–H groups in total. The molecule has 0 radical (unpaired) electrons. The molecule has 0 bridgehead atoms. The molecule has 0 heterocycles. The number of benzene rings is 1. The lowest BCUT2D eigenvalue weighted by molar-refractivity contribution is 0.105. The van der Waals surface area contributed by atoms with E-state index < -0.39 is 13.5 Å². The highest BCUT2D eigenvalue weighted by Gasteiger charge is 2.35. The van der Waals surface area contributed by atoms with Crippen molar-refractivity contribution in [2.45, 2.75) is 20.8 Å². The molecular weight excluding hydrogens is 279 g/mol. The maximum atomic E-state index is 12.9. The Morgan fingerprint density at radius 2 is 1.60 bits per heavy atom. The fraction of sp³-hybridized carbons (Fsp3) is 0.429. The van der Waals surface area contributed by atoms with E-state index in [1.165, 1.54) is 0 Å². The SMILES string of the molecule is CCO/C(O)=C(/c1ccccc1)P(=O)(OCC)OCC. The van der Waals surface area contributed by atoms with Crippen LogP contribution >= 0.6 is 7.60 Å². The van der Waals surface area contributed by atoms with Gasteiger partial charge in [0.2, 0.25) is 0 Å². The van der Waals surface area contributed by atoms with Crippen molar-refractivity contribution >= 4 is 12.9 Å². The van der Waals surface area contributed by atoms with Crippen molar-refractivity contribution in [3.05, 3.63) is 41.8 Å². The van der Waals surface area contributed by atoms with E-state index in [1.54, 1.807) is 45.0 Å². The first-order chi connectivity index (χ1) is 9.59. The van der Waals surface area contributed by atoms with Crippen LogP contribution in [0, 0.1) is 0 Å². The molecule has 0 aliphatic heterocycles. The van der Waals surface area contributed by atoms with E-state index in [4.69, 9.17) is 13.8 Å². The van der Waals surface area contributed by atoms with E-state index in [1.807, 2.05) is 6.07 Å². The summed E-state index contributed by atoms with van der Waals surface area (Å²) < 4.78 is 28.6. The van der Waals surface area contributed by atoms with E-state index in [2.05, 4.69) is 0 Å². The van der Waals surface area contributed by atoms with Gasteiger partial charge in [0.1, 0.15) is 0 Å². The Morgan fingerprint density at radius 1 is 1.05 bits per heavy atom. The Morgan fingerprint density at radius 3 is 2.05 bits per heavy atom. The lowest BCUT2D eigenvalue weighted by Crippen LogP contribution is -2.03. The fourth-order valence-electron chi connectivity index (χ4n) is 1.71. The predicted octanol–water partition coefficient (Wildman–Crippen LogP) is 4.17. The second kappa shape index (κ2) is 8.10. The summed E-state index contributed by atoms with van der Waals surface area (Å²) in [6.45, 7) is 5.81. The molecule has 20 heavy (non-hydrogen) atoms. The average molecular weight is 300 g/mol. The van der Waals surface area contributed by atoms with Crippen LogP contribution < -0.4 is 0 Å². The average Bonchev–Trinajstić information content (AvgIpc) is 2.40. The van der Waals surface area contributed by atoms with Crippen LogP contribution in [0.25, 0.3) is 5.31 Å². The highest BCUT2D eigenvalue weighted by atomic mass is 31.2. The standard InChI is InChI=1S/C14H21O5P/c1-4-17-14(15)13(12-10-8-7-9-11-12)20(16,18-5-2)19-6-3/h7-11,15H,4-6H2,1-3H3/b14-13-. The molecule has 6 heteroatoms. The van der Waals surface area contributed by atoms with Gasteiger partial charge in [-0.25, -0.2) is 0 Å². The van der Waals surface area contributed by atoms with E-state index in [-0.39, 0.29) is 25.1 Å². The minimum absolute atomic E-state index is 0.0589. The number of rotatable bonds is 8. The van der Waals surface area contributed by atoms with Crippen molar-refractivity contribution in [2.75, 3.05) is 19.8 Å². The highest BCUT2D eigenvalue weighted by molar-refractivity contribution is 7.65. The minimum atomic E-state index is -3.63. The fourth-order valence-corrected chi connectivity index (χ4v) is 3.48. The molecule has 0 aromatic heterocycles. The Balaban J connectivity index is 3.37. The van der Waals surface area contributed by atoms with Crippen molar-refractivity contribution < 1.29 is 23.5 Å². The molecule has 0 unspecified atom stereocenters. The van der Waals surface area contributed by atoms with Crippen LogP contribution in [0.2, 0.25) is 0 Å². The monoisotopic (exact) mass is 300 g/mol. The van der Waals surface area contributed by atoms with Gasteiger partial charge in [0.25, 0.3) is 5.95 Å².